The first-order valence-corrected chi connectivity index (χ1v) is 14.4. The number of imide groups is 2. The highest BCUT2D eigenvalue weighted by Gasteiger charge is 2.48. The maximum absolute atomic E-state index is 15.2. The Labute approximate surface area is 240 Å². The molecule has 2 N–H and O–H groups in total. The number of amides is 4. The molecule has 2 fully saturated rings. The van der Waals surface area contributed by atoms with Crippen LogP contribution < -0.4 is 14.8 Å². The number of halogens is 1. The van der Waals surface area contributed by atoms with E-state index < -0.39 is 70.0 Å². The number of nitrogens with one attached hydrogen (secondary N) is 2. The van der Waals surface area contributed by atoms with Crippen molar-refractivity contribution in [3.05, 3.63) is 53.6 Å². The van der Waals surface area contributed by atoms with Crippen molar-refractivity contribution in [2.75, 3.05) is 13.2 Å². The van der Waals surface area contributed by atoms with Crippen LogP contribution in [0.1, 0.15) is 57.3 Å². The second-order valence-corrected chi connectivity index (χ2v) is 12.9. The maximum atomic E-state index is 15.2. The number of ether oxygens (including phenoxy) is 2. The van der Waals surface area contributed by atoms with Crippen molar-refractivity contribution in [3.63, 3.8) is 0 Å². The largest absolute Gasteiger partial charge is 0.598 e. The van der Waals surface area contributed by atoms with Gasteiger partial charge in [0.2, 0.25) is 5.91 Å². The highest BCUT2D eigenvalue weighted by Crippen LogP contribution is 2.32. The van der Waals surface area contributed by atoms with E-state index in [1.807, 2.05) is 6.92 Å². The summed E-state index contributed by atoms with van der Waals surface area (Å²) in [7, 11) is 0. The molecule has 2 aromatic rings. The Morgan fingerprint density at radius 1 is 1.22 bits per heavy atom. The van der Waals surface area contributed by atoms with Crippen molar-refractivity contribution in [3.8, 4) is 11.5 Å². The average molecular weight is 589 g/mol. The van der Waals surface area contributed by atoms with Crippen LogP contribution in [0.4, 0.5) is 9.18 Å². The van der Waals surface area contributed by atoms with E-state index in [9.17, 15) is 23.7 Å². The molecule has 1 aromatic heterocycles. The van der Waals surface area contributed by atoms with Gasteiger partial charge in [-0.3, -0.25) is 29.6 Å². The summed E-state index contributed by atoms with van der Waals surface area (Å²) in [5.41, 5.74) is 0.734. The molecule has 0 saturated carbocycles. The van der Waals surface area contributed by atoms with E-state index in [4.69, 9.17) is 9.47 Å². The number of pyridine rings is 1. The van der Waals surface area contributed by atoms with E-state index in [1.165, 1.54) is 18.3 Å². The predicted octanol–water partition coefficient (Wildman–Crippen LogP) is 3.25. The van der Waals surface area contributed by atoms with E-state index in [1.54, 1.807) is 32.9 Å². The summed E-state index contributed by atoms with van der Waals surface area (Å²) < 4.78 is 41.4. The molecule has 2 aliphatic heterocycles. The summed E-state index contributed by atoms with van der Waals surface area (Å²) in [6.07, 6.45) is 1.69. The van der Waals surface area contributed by atoms with Crippen LogP contribution in [0.25, 0.3) is 0 Å². The molecular formula is C28H33FN4O7S. The monoisotopic (exact) mass is 588 g/mol. The lowest BCUT2D eigenvalue weighted by atomic mass is 9.91. The molecule has 13 heteroatoms. The number of ketones is 1. The lowest BCUT2D eigenvalue weighted by Crippen LogP contribution is -2.63. The molecule has 4 amide bonds. The van der Waals surface area contributed by atoms with Gasteiger partial charge >= 0.3 is 6.03 Å². The number of carbonyl (C=O) groups is 4. The minimum Gasteiger partial charge on any atom is -0.598 e. The fourth-order valence-corrected chi connectivity index (χ4v) is 5.33. The third-order valence-electron chi connectivity index (χ3n) is 6.75. The summed E-state index contributed by atoms with van der Waals surface area (Å²) in [6, 6.07) is 4.74. The molecule has 4 rings (SSSR count). The summed E-state index contributed by atoms with van der Waals surface area (Å²) in [6.45, 7) is 7.57. The van der Waals surface area contributed by atoms with Crippen LogP contribution in [0.2, 0.25) is 0 Å². The summed E-state index contributed by atoms with van der Waals surface area (Å²) >= 11 is -1.76. The fourth-order valence-electron chi connectivity index (χ4n) is 4.51. The Hall–Kier alpha value is -3.39. The van der Waals surface area contributed by atoms with E-state index in [0.717, 1.165) is 16.7 Å². The van der Waals surface area contributed by atoms with Crippen molar-refractivity contribution in [2.24, 2.45) is 5.92 Å². The zero-order valence-corrected chi connectivity index (χ0v) is 24.1. The van der Waals surface area contributed by atoms with Gasteiger partial charge in [0, 0.05) is 48.3 Å². The number of carbonyl (C=O) groups excluding carboxylic acids is 4. The molecule has 220 valence electrons. The van der Waals surface area contributed by atoms with Gasteiger partial charge in [0.05, 0.1) is 12.2 Å². The van der Waals surface area contributed by atoms with Gasteiger partial charge in [-0.15, -0.1) is 4.72 Å². The Kier molecular flexibility index (Phi) is 9.42. The van der Waals surface area contributed by atoms with Crippen molar-refractivity contribution < 1.29 is 37.6 Å². The highest BCUT2D eigenvalue weighted by molar-refractivity contribution is 7.90. The van der Waals surface area contributed by atoms with E-state index in [-0.39, 0.29) is 11.3 Å². The molecule has 0 spiro atoms. The van der Waals surface area contributed by atoms with Crippen LogP contribution >= 0.6 is 0 Å². The van der Waals surface area contributed by atoms with Gasteiger partial charge < -0.3 is 14.0 Å². The van der Waals surface area contributed by atoms with Crippen molar-refractivity contribution in [2.45, 2.75) is 63.8 Å². The average Bonchev–Trinajstić information content (AvgIpc) is 2.90. The van der Waals surface area contributed by atoms with Crippen LogP contribution in [0.5, 0.6) is 11.5 Å². The number of hydrogen-bond donors (Lipinski definition) is 2. The van der Waals surface area contributed by atoms with Crippen LogP contribution in [0.3, 0.4) is 0 Å². The number of Topliss-reactive ketones (excluding diaryl/α,β-unsaturated/α-hetero) is 1. The molecule has 1 aromatic carbocycles. The van der Waals surface area contributed by atoms with Gasteiger partial charge in [-0.25, -0.2) is 9.18 Å². The minimum absolute atomic E-state index is 0.0467. The molecule has 41 heavy (non-hydrogen) atoms. The number of barbiturate groups is 1. The first-order valence-electron chi connectivity index (χ1n) is 13.2. The predicted molar refractivity (Wildman–Crippen MR) is 147 cm³/mol. The Morgan fingerprint density at radius 3 is 2.54 bits per heavy atom. The molecule has 0 radical (unpaired) electrons. The third-order valence-corrected chi connectivity index (χ3v) is 8.36. The second kappa shape index (κ2) is 12.6. The van der Waals surface area contributed by atoms with E-state index in [0.29, 0.717) is 31.8 Å². The molecule has 1 unspecified atom stereocenters. The number of aryl methyl sites for hydroxylation is 1. The number of benzene rings is 1. The zero-order valence-electron chi connectivity index (χ0n) is 23.3. The first kappa shape index (κ1) is 30.6. The van der Waals surface area contributed by atoms with Crippen LogP contribution in [0, 0.1) is 18.7 Å². The number of aromatic nitrogens is 1. The summed E-state index contributed by atoms with van der Waals surface area (Å²) in [5, 5.41) is 2.10. The third kappa shape index (κ3) is 7.28. The Balaban J connectivity index is 1.62. The van der Waals surface area contributed by atoms with Crippen LogP contribution in [-0.2, 0) is 30.5 Å². The van der Waals surface area contributed by atoms with Gasteiger partial charge in [0.15, 0.2) is 11.7 Å². The highest BCUT2D eigenvalue weighted by atomic mass is 32.2. The van der Waals surface area contributed by atoms with Gasteiger partial charge in [-0.2, -0.15) is 0 Å². The standard InChI is InChI=1S/C28H33FN4O7S/c1-16-5-6-19(15-30-16)40-18-7-8-21(29)20(13-18)22(32-41(38)28(2,3)4)14-23(34)24-25(35)31-27(37)33(26(24)36)17-9-11-39-12-10-17/h5-8,13,15,17,22,24,32H,9-12,14H2,1-4H3,(H,31,35,37)/t22-,24+,41?/m1/s1. The molecule has 3 atom stereocenters. The molecular weight excluding hydrogens is 555 g/mol. The molecule has 11 nitrogen and oxygen atoms in total. The molecule has 2 saturated heterocycles. The molecule has 3 heterocycles. The number of rotatable bonds is 9. The lowest BCUT2D eigenvalue weighted by molar-refractivity contribution is -0.149. The number of urea groups is 1. The summed E-state index contributed by atoms with van der Waals surface area (Å²) in [4.78, 5) is 57.2. The van der Waals surface area contributed by atoms with Gasteiger partial charge in [-0.1, -0.05) is 0 Å². The fraction of sp³-hybridized carbons (Fsp3) is 0.464. The molecule has 0 bridgehead atoms. The van der Waals surface area contributed by atoms with Crippen molar-refractivity contribution in [1.82, 2.24) is 19.9 Å². The lowest BCUT2D eigenvalue weighted by Gasteiger charge is -2.37. The van der Waals surface area contributed by atoms with Crippen molar-refractivity contribution in [1.29, 1.82) is 0 Å². The van der Waals surface area contributed by atoms with E-state index in [2.05, 4.69) is 15.0 Å². The van der Waals surface area contributed by atoms with Gasteiger partial charge in [-0.05, 0) is 70.9 Å². The van der Waals surface area contributed by atoms with Crippen molar-refractivity contribution >= 4 is 35.0 Å². The van der Waals surface area contributed by atoms with Gasteiger partial charge in [0.1, 0.15) is 22.1 Å². The summed E-state index contributed by atoms with van der Waals surface area (Å²) in [5.74, 6) is -4.74. The van der Waals surface area contributed by atoms with E-state index >= 15 is 4.39 Å². The SMILES string of the molecule is Cc1ccc(Oc2ccc(F)c([C@@H](CC(=O)[C@H]3C(=O)NC(=O)N(C4CCOCC4)C3=O)N[S+]([O-])C(C)(C)C)c2)cn1. The van der Waals surface area contributed by atoms with Gasteiger partial charge in [0.25, 0.3) is 5.91 Å². The Bertz CT molecular complexity index is 1310. The van der Waals surface area contributed by atoms with Crippen LogP contribution in [0.15, 0.2) is 36.5 Å². The first-order chi connectivity index (χ1) is 19.3. The van der Waals surface area contributed by atoms with Crippen LogP contribution in [-0.4, -0.2) is 62.1 Å². The molecule has 2 aliphatic rings. The normalized spacial score (nSPS) is 20.0. The Morgan fingerprint density at radius 2 is 1.90 bits per heavy atom. The maximum Gasteiger partial charge on any atom is 0.331 e. The molecule has 0 aliphatic carbocycles. The topological polar surface area (TPSA) is 150 Å². The second-order valence-electron chi connectivity index (χ2n) is 10.9. The minimum atomic E-state index is -1.82. The number of nitrogens with zero attached hydrogens (tertiary/aromatic N) is 2. The smallest absolute Gasteiger partial charge is 0.331 e. The quantitative estimate of drug-likeness (QED) is 0.332. The number of hydrogen-bond acceptors (Lipinski definition) is 9. The zero-order chi connectivity index (χ0) is 29.9.